The van der Waals surface area contributed by atoms with Crippen LogP contribution in [0.25, 0.3) is 11.3 Å². The maximum Gasteiger partial charge on any atom is 0.238 e. The quantitative estimate of drug-likeness (QED) is 0.683. The van der Waals surface area contributed by atoms with Crippen molar-refractivity contribution in [1.29, 1.82) is 0 Å². The Bertz CT molecular complexity index is 976. The van der Waals surface area contributed by atoms with E-state index in [-0.39, 0.29) is 18.2 Å². The van der Waals surface area contributed by atoms with Crippen molar-refractivity contribution in [3.8, 4) is 11.3 Å². The first-order valence-corrected chi connectivity index (χ1v) is 9.48. The molecule has 2 heterocycles. The normalized spacial score (nSPS) is 14.6. The number of hydrogen-bond acceptors (Lipinski definition) is 6. The van der Waals surface area contributed by atoms with Gasteiger partial charge in [-0.15, -0.1) is 11.3 Å². The van der Waals surface area contributed by atoms with Crippen molar-refractivity contribution in [2.75, 3.05) is 12.4 Å². The first-order valence-electron chi connectivity index (χ1n) is 8.60. The predicted octanol–water partition coefficient (Wildman–Crippen LogP) is 2.76. The van der Waals surface area contributed by atoms with E-state index in [1.165, 1.54) is 11.3 Å². The van der Waals surface area contributed by atoms with Gasteiger partial charge >= 0.3 is 0 Å². The number of aromatic nitrogens is 2. The number of amides is 2. The minimum Gasteiger partial charge on any atom is -0.359 e. The SMILES string of the molecule is CNC(=O)Cc1csc(NC(=O)C2(c3cc(-c4ccccc4)on3)CC2)n1. The van der Waals surface area contributed by atoms with Crippen LogP contribution in [0.1, 0.15) is 24.2 Å². The van der Waals surface area contributed by atoms with E-state index in [1.807, 2.05) is 36.4 Å². The van der Waals surface area contributed by atoms with Crippen LogP contribution >= 0.6 is 11.3 Å². The van der Waals surface area contributed by atoms with Gasteiger partial charge in [0.1, 0.15) is 0 Å². The molecule has 3 aromatic rings. The largest absolute Gasteiger partial charge is 0.359 e. The van der Waals surface area contributed by atoms with Crippen molar-refractivity contribution in [2.24, 2.45) is 0 Å². The maximum atomic E-state index is 12.8. The molecule has 2 N–H and O–H groups in total. The van der Waals surface area contributed by atoms with Crippen LogP contribution in [-0.4, -0.2) is 29.0 Å². The predicted molar refractivity (Wildman–Crippen MR) is 101 cm³/mol. The number of anilines is 1. The lowest BCUT2D eigenvalue weighted by Gasteiger charge is -2.10. The van der Waals surface area contributed by atoms with Crippen molar-refractivity contribution >= 4 is 28.3 Å². The van der Waals surface area contributed by atoms with Gasteiger partial charge < -0.3 is 15.2 Å². The highest BCUT2D eigenvalue weighted by atomic mass is 32.1. The summed E-state index contributed by atoms with van der Waals surface area (Å²) in [5, 5.41) is 11.8. The van der Waals surface area contributed by atoms with Gasteiger partial charge in [0.2, 0.25) is 11.8 Å². The van der Waals surface area contributed by atoms with Gasteiger partial charge in [-0.1, -0.05) is 35.5 Å². The number of rotatable bonds is 6. The lowest BCUT2D eigenvalue weighted by atomic mass is 10.0. The van der Waals surface area contributed by atoms with E-state index in [2.05, 4.69) is 20.8 Å². The van der Waals surface area contributed by atoms with Crippen LogP contribution in [0.5, 0.6) is 0 Å². The Hall–Kier alpha value is -3.00. The second-order valence-electron chi connectivity index (χ2n) is 6.47. The van der Waals surface area contributed by atoms with Crippen LogP contribution < -0.4 is 10.6 Å². The van der Waals surface area contributed by atoms with Gasteiger partial charge in [0.25, 0.3) is 0 Å². The Morgan fingerprint density at radius 2 is 2.04 bits per heavy atom. The fraction of sp³-hybridized carbons (Fsp3) is 0.263. The molecule has 7 nitrogen and oxygen atoms in total. The van der Waals surface area contributed by atoms with Gasteiger partial charge in [-0.25, -0.2) is 4.98 Å². The zero-order valence-corrected chi connectivity index (χ0v) is 15.5. The lowest BCUT2D eigenvalue weighted by molar-refractivity contribution is -0.120. The average molecular weight is 382 g/mol. The van der Waals surface area contributed by atoms with Crippen molar-refractivity contribution in [3.05, 3.63) is 53.2 Å². The Morgan fingerprint density at radius 3 is 2.74 bits per heavy atom. The number of nitrogens with zero attached hydrogens (tertiary/aromatic N) is 2. The van der Waals surface area contributed by atoms with E-state index >= 15 is 0 Å². The highest BCUT2D eigenvalue weighted by molar-refractivity contribution is 7.14. The number of benzene rings is 1. The number of hydrogen-bond donors (Lipinski definition) is 2. The van der Waals surface area contributed by atoms with E-state index in [4.69, 9.17) is 4.52 Å². The second-order valence-corrected chi connectivity index (χ2v) is 7.33. The van der Waals surface area contributed by atoms with Gasteiger partial charge in [-0.05, 0) is 12.8 Å². The number of carbonyl (C=O) groups is 2. The highest BCUT2D eigenvalue weighted by Crippen LogP contribution is 2.49. The minimum absolute atomic E-state index is 0.118. The molecule has 1 fully saturated rings. The Labute approximate surface area is 159 Å². The van der Waals surface area contributed by atoms with Gasteiger partial charge in [-0.3, -0.25) is 9.59 Å². The van der Waals surface area contributed by atoms with Crippen LogP contribution in [0.15, 0.2) is 46.3 Å². The van der Waals surface area contributed by atoms with Crippen molar-refractivity contribution in [1.82, 2.24) is 15.5 Å². The van der Waals surface area contributed by atoms with Gasteiger partial charge in [0, 0.05) is 24.1 Å². The molecule has 0 bridgehead atoms. The molecular formula is C19H18N4O3S. The molecule has 8 heteroatoms. The van der Waals surface area contributed by atoms with Crippen LogP contribution in [0.4, 0.5) is 5.13 Å². The monoisotopic (exact) mass is 382 g/mol. The molecule has 1 saturated carbocycles. The van der Waals surface area contributed by atoms with Gasteiger partial charge in [0.05, 0.1) is 23.2 Å². The smallest absolute Gasteiger partial charge is 0.238 e. The van der Waals surface area contributed by atoms with E-state index in [0.717, 1.165) is 18.4 Å². The first kappa shape index (κ1) is 17.4. The first-order chi connectivity index (χ1) is 13.1. The van der Waals surface area contributed by atoms with Crippen LogP contribution in [0.2, 0.25) is 0 Å². The fourth-order valence-electron chi connectivity index (χ4n) is 2.88. The third-order valence-corrected chi connectivity index (χ3v) is 5.44. The summed E-state index contributed by atoms with van der Waals surface area (Å²) in [6.07, 6.45) is 1.63. The zero-order chi connectivity index (χ0) is 18.9. The van der Waals surface area contributed by atoms with Crippen LogP contribution in [0.3, 0.4) is 0 Å². The molecule has 27 heavy (non-hydrogen) atoms. The molecule has 1 aliphatic carbocycles. The van der Waals surface area contributed by atoms with Crippen molar-refractivity contribution in [3.63, 3.8) is 0 Å². The summed E-state index contributed by atoms with van der Waals surface area (Å²) < 4.78 is 5.45. The maximum absolute atomic E-state index is 12.8. The summed E-state index contributed by atoms with van der Waals surface area (Å²) in [5.74, 6) is 0.385. The lowest BCUT2D eigenvalue weighted by Crippen LogP contribution is -2.28. The van der Waals surface area contributed by atoms with Crippen molar-refractivity contribution < 1.29 is 14.1 Å². The molecule has 0 radical (unpaired) electrons. The summed E-state index contributed by atoms with van der Waals surface area (Å²) in [7, 11) is 1.58. The summed E-state index contributed by atoms with van der Waals surface area (Å²) in [5.41, 5.74) is 1.53. The third kappa shape index (κ3) is 3.48. The summed E-state index contributed by atoms with van der Waals surface area (Å²) in [6, 6.07) is 11.5. The number of thiazole rings is 1. The van der Waals surface area contributed by atoms with Crippen LogP contribution in [-0.2, 0) is 21.4 Å². The molecule has 1 aliphatic rings. The van der Waals surface area contributed by atoms with Crippen LogP contribution in [0, 0.1) is 0 Å². The van der Waals surface area contributed by atoms with Crippen molar-refractivity contribution in [2.45, 2.75) is 24.7 Å². The van der Waals surface area contributed by atoms with E-state index < -0.39 is 5.41 Å². The second kappa shape index (κ2) is 6.96. The Kier molecular flexibility index (Phi) is 4.49. The molecule has 4 rings (SSSR count). The van der Waals surface area contributed by atoms with Gasteiger partial charge in [-0.2, -0.15) is 0 Å². The summed E-state index contributed by atoms with van der Waals surface area (Å²) in [4.78, 5) is 28.6. The number of likely N-dealkylation sites (N-methyl/N-ethyl adjacent to an activating group) is 1. The highest BCUT2D eigenvalue weighted by Gasteiger charge is 2.54. The molecule has 0 unspecified atom stereocenters. The molecule has 138 valence electrons. The van der Waals surface area contributed by atoms with E-state index in [1.54, 1.807) is 12.4 Å². The molecule has 2 amide bonds. The molecule has 1 aromatic carbocycles. The molecule has 0 aliphatic heterocycles. The summed E-state index contributed by atoms with van der Waals surface area (Å²) >= 11 is 1.30. The average Bonchev–Trinajstić information content (AvgIpc) is 3.14. The number of nitrogens with one attached hydrogen (secondary N) is 2. The standard InChI is InChI=1S/C19H18N4O3S/c1-20-16(24)9-13-11-27-18(21-13)22-17(25)19(7-8-19)15-10-14(26-23-15)12-5-3-2-4-6-12/h2-6,10-11H,7-9H2,1H3,(H,20,24)(H,21,22,25). The molecule has 2 aromatic heterocycles. The topological polar surface area (TPSA) is 97.1 Å². The fourth-order valence-corrected chi connectivity index (χ4v) is 3.58. The Balaban J connectivity index is 1.48. The molecule has 0 atom stereocenters. The molecule has 0 spiro atoms. The molecule has 0 saturated heterocycles. The van der Waals surface area contributed by atoms with E-state index in [9.17, 15) is 9.59 Å². The minimum atomic E-state index is -0.664. The van der Waals surface area contributed by atoms with Gasteiger partial charge in [0.15, 0.2) is 10.9 Å². The zero-order valence-electron chi connectivity index (χ0n) is 14.7. The van der Waals surface area contributed by atoms with E-state index in [0.29, 0.717) is 22.3 Å². The molecular weight excluding hydrogens is 364 g/mol. The number of carbonyl (C=O) groups excluding carboxylic acids is 2. The Morgan fingerprint density at radius 1 is 1.26 bits per heavy atom. The third-order valence-electron chi connectivity index (χ3n) is 4.64. The summed E-state index contributed by atoms with van der Waals surface area (Å²) in [6.45, 7) is 0.